The van der Waals surface area contributed by atoms with E-state index in [2.05, 4.69) is 23.8 Å². The van der Waals surface area contributed by atoms with Crippen LogP contribution in [-0.4, -0.2) is 35.8 Å². The number of aromatic nitrogens is 2. The predicted molar refractivity (Wildman–Crippen MR) is 74.3 cm³/mol. The van der Waals surface area contributed by atoms with E-state index in [0.29, 0.717) is 24.3 Å². The van der Waals surface area contributed by atoms with Gasteiger partial charge in [0.1, 0.15) is 5.82 Å². The maximum absolute atomic E-state index is 12.4. The van der Waals surface area contributed by atoms with Crippen molar-refractivity contribution in [3.05, 3.63) is 12.0 Å². The molecule has 108 valence electrons. The second kappa shape index (κ2) is 5.25. The van der Waals surface area contributed by atoms with Gasteiger partial charge in [0.15, 0.2) is 5.03 Å². The first-order valence-corrected chi connectivity index (χ1v) is 8.39. The molecule has 1 aliphatic heterocycles. The Kier molecular flexibility index (Phi) is 4.01. The average Bonchev–Trinajstić information content (AvgIpc) is 2.86. The number of nitrogens with one attached hydrogen (secondary N) is 1. The van der Waals surface area contributed by atoms with Crippen LogP contribution < -0.4 is 0 Å². The van der Waals surface area contributed by atoms with Crippen molar-refractivity contribution in [2.45, 2.75) is 51.5 Å². The lowest BCUT2D eigenvalue weighted by Crippen LogP contribution is -2.42. The minimum atomic E-state index is -3.39. The molecule has 1 saturated heterocycles. The van der Waals surface area contributed by atoms with Crippen LogP contribution in [0.4, 0.5) is 0 Å². The maximum atomic E-state index is 12.4. The number of rotatable bonds is 4. The zero-order valence-corrected chi connectivity index (χ0v) is 12.8. The van der Waals surface area contributed by atoms with Gasteiger partial charge >= 0.3 is 0 Å². The lowest BCUT2D eigenvalue weighted by atomic mass is 9.75. The molecular formula is C13H23N3O2S. The Hall–Kier alpha value is -0.880. The lowest BCUT2D eigenvalue weighted by molar-refractivity contribution is 0.141. The molecule has 1 aliphatic rings. The van der Waals surface area contributed by atoms with Crippen LogP contribution in [0.3, 0.4) is 0 Å². The molecule has 2 rings (SSSR count). The van der Waals surface area contributed by atoms with Crippen molar-refractivity contribution < 1.29 is 8.42 Å². The van der Waals surface area contributed by atoms with Gasteiger partial charge in [-0.3, -0.25) is 0 Å². The Bertz CT molecular complexity index is 522. The van der Waals surface area contributed by atoms with Gasteiger partial charge in [-0.15, -0.1) is 0 Å². The van der Waals surface area contributed by atoms with Gasteiger partial charge in [0.2, 0.25) is 0 Å². The van der Waals surface area contributed by atoms with Gasteiger partial charge in [0.25, 0.3) is 10.0 Å². The van der Waals surface area contributed by atoms with E-state index >= 15 is 0 Å². The minimum Gasteiger partial charge on any atom is -0.332 e. The summed E-state index contributed by atoms with van der Waals surface area (Å²) in [5.74, 6) is 0.632. The van der Waals surface area contributed by atoms with Crippen molar-refractivity contribution in [1.82, 2.24) is 14.3 Å². The standard InChI is InChI=1S/C13H23N3O2S/c1-4-13(5-2)6-8-16(9-7-13)19(17,18)12-10-14-11(3)15-12/h10H,4-9H2,1-3H3,(H,14,15). The largest absolute Gasteiger partial charge is 0.332 e. The van der Waals surface area contributed by atoms with Crippen molar-refractivity contribution in [1.29, 1.82) is 0 Å². The van der Waals surface area contributed by atoms with Crippen LogP contribution in [0.2, 0.25) is 0 Å². The summed E-state index contributed by atoms with van der Waals surface area (Å²) in [6.45, 7) is 7.39. The Morgan fingerprint density at radius 1 is 1.32 bits per heavy atom. The number of hydrogen-bond acceptors (Lipinski definition) is 3. The Morgan fingerprint density at radius 3 is 2.32 bits per heavy atom. The van der Waals surface area contributed by atoms with E-state index in [9.17, 15) is 8.42 Å². The Balaban J connectivity index is 2.13. The molecule has 1 fully saturated rings. The number of aryl methyl sites for hydroxylation is 1. The molecule has 1 aromatic heterocycles. The van der Waals surface area contributed by atoms with E-state index in [1.165, 1.54) is 6.20 Å². The number of piperidine rings is 1. The van der Waals surface area contributed by atoms with Crippen molar-refractivity contribution >= 4 is 10.0 Å². The highest BCUT2D eigenvalue weighted by Gasteiger charge is 2.36. The molecule has 0 spiro atoms. The van der Waals surface area contributed by atoms with Gasteiger partial charge in [-0.2, -0.15) is 4.31 Å². The van der Waals surface area contributed by atoms with Crippen LogP contribution in [0.25, 0.3) is 0 Å². The summed E-state index contributed by atoms with van der Waals surface area (Å²) in [4.78, 5) is 6.80. The second-order valence-electron chi connectivity index (χ2n) is 5.44. The zero-order chi connectivity index (χ0) is 14.1. The molecule has 0 aliphatic carbocycles. The first-order chi connectivity index (χ1) is 8.93. The summed E-state index contributed by atoms with van der Waals surface area (Å²) in [6.07, 6.45) is 5.56. The third-order valence-electron chi connectivity index (χ3n) is 4.58. The van der Waals surface area contributed by atoms with Crippen LogP contribution in [0.1, 0.15) is 45.4 Å². The average molecular weight is 285 g/mol. The van der Waals surface area contributed by atoms with E-state index in [4.69, 9.17) is 0 Å². The summed E-state index contributed by atoms with van der Waals surface area (Å²) in [6, 6.07) is 0. The summed E-state index contributed by atoms with van der Waals surface area (Å²) in [7, 11) is -3.39. The molecule has 2 heterocycles. The Labute approximate surface area is 115 Å². The number of H-pyrrole nitrogens is 1. The first kappa shape index (κ1) is 14.5. The normalized spacial score (nSPS) is 20.6. The summed E-state index contributed by atoms with van der Waals surface area (Å²) < 4.78 is 26.5. The smallest absolute Gasteiger partial charge is 0.260 e. The third kappa shape index (κ3) is 2.69. The molecule has 0 bridgehead atoms. The molecule has 0 amide bonds. The SMILES string of the molecule is CCC1(CC)CCN(S(=O)(=O)c2cnc(C)[nH]2)CC1. The molecule has 0 saturated carbocycles. The number of aromatic amines is 1. The quantitative estimate of drug-likeness (QED) is 0.923. The molecule has 0 atom stereocenters. The van der Waals surface area contributed by atoms with Gasteiger partial charge in [-0.1, -0.05) is 26.7 Å². The van der Waals surface area contributed by atoms with Crippen LogP contribution in [-0.2, 0) is 10.0 Å². The predicted octanol–water partition coefficient (Wildman–Crippen LogP) is 2.31. The zero-order valence-electron chi connectivity index (χ0n) is 11.9. The van der Waals surface area contributed by atoms with E-state index in [-0.39, 0.29) is 5.03 Å². The topological polar surface area (TPSA) is 66.1 Å². The Morgan fingerprint density at radius 2 is 1.89 bits per heavy atom. The van der Waals surface area contributed by atoms with Crippen LogP contribution >= 0.6 is 0 Å². The van der Waals surface area contributed by atoms with E-state index in [1.807, 2.05) is 0 Å². The molecule has 0 radical (unpaired) electrons. The fourth-order valence-electron chi connectivity index (χ4n) is 2.83. The molecule has 19 heavy (non-hydrogen) atoms. The van der Waals surface area contributed by atoms with Crippen molar-refractivity contribution in [2.24, 2.45) is 5.41 Å². The highest BCUT2D eigenvalue weighted by Crippen LogP contribution is 2.39. The van der Waals surface area contributed by atoms with Crippen LogP contribution in [0.5, 0.6) is 0 Å². The second-order valence-corrected chi connectivity index (χ2v) is 7.35. The molecular weight excluding hydrogens is 262 g/mol. The van der Waals surface area contributed by atoms with Gasteiger partial charge < -0.3 is 4.98 Å². The van der Waals surface area contributed by atoms with E-state index in [0.717, 1.165) is 25.7 Å². The highest BCUT2D eigenvalue weighted by atomic mass is 32.2. The summed E-state index contributed by atoms with van der Waals surface area (Å²) >= 11 is 0. The van der Waals surface area contributed by atoms with Gasteiger partial charge in [-0.05, 0) is 25.2 Å². The molecule has 0 aromatic carbocycles. The number of sulfonamides is 1. The van der Waals surface area contributed by atoms with Crippen molar-refractivity contribution in [2.75, 3.05) is 13.1 Å². The van der Waals surface area contributed by atoms with E-state index < -0.39 is 10.0 Å². The molecule has 1 aromatic rings. The summed E-state index contributed by atoms with van der Waals surface area (Å²) in [5, 5.41) is 0.213. The molecule has 5 nitrogen and oxygen atoms in total. The highest BCUT2D eigenvalue weighted by molar-refractivity contribution is 7.89. The summed E-state index contributed by atoms with van der Waals surface area (Å²) in [5.41, 5.74) is 0.329. The van der Waals surface area contributed by atoms with Gasteiger partial charge in [0.05, 0.1) is 6.20 Å². The van der Waals surface area contributed by atoms with E-state index in [1.54, 1.807) is 11.2 Å². The lowest BCUT2D eigenvalue weighted by Gasteiger charge is -2.40. The maximum Gasteiger partial charge on any atom is 0.260 e. The fraction of sp³-hybridized carbons (Fsp3) is 0.769. The van der Waals surface area contributed by atoms with Crippen LogP contribution in [0, 0.1) is 12.3 Å². The molecule has 1 N–H and O–H groups in total. The number of imidazole rings is 1. The van der Waals surface area contributed by atoms with Gasteiger partial charge in [0, 0.05) is 13.1 Å². The third-order valence-corrected chi connectivity index (χ3v) is 6.39. The van der Waals surface area contributed by atoms with Gasteiger partial charge in [-0.25, -0.2) is 13.4 Å². The fourth-order valence-corrected chi connectivity index (χ4v) is 4.23. The number of hydrogen-bond donors (Lipinski definition) is 1. The number of nitrogens with zero attached hydrogens (tertiary/aromatic N) is 2. The molecule has 0 unspecified atom stereocenters. The van der Waals surface area contributed by atoms with Crippen molar-refractivity contribution in [3.63, 3.8) is 0 Å². The minimum absolute atomic E-state index is 0.213. The molecule has 6 heteroatoms. The first-order valence-electron chi connectivity index (χ1n) is 6.95. The van der Waals surface area contributed by atoms with Crippen LogP contribution in [0.15, 0.2) is 11.2 Å². The van der Waals surface area contributed by atoms with Crippen molar-refractivity contribution in [3.8, 4) is 0 Å². The monoisotopic (exact) mass is 285 g/mol.